The minimum Gasteiger partial charge on any atom is -0.353 e. The number of hydrogen-bond acceptors (Lipinski definition) is 4. The summed E-state index contributed by atoms with van der Waals surface area (Å²) < 4.78 is 1.87. The number of amides is 1. The van der Waals surface area contributed by atoms with Crippen molar-refractivity contribution < 1.29 is 4.79 Å². The van der Waals surface area contributed by atoms with Crippen LogP contribution in [-0.4, -0.2) is 59.9 Å². The zero-order valence-corrected chi connectivity index (χ0v) is 16.4. The highest BCUT2D eigenvalue weighted by Crippen LogP contribution is 2.22. The first-order valence-electron chi connectivity index (χ1n) is 9.04. The number of carbonyl (C=O) groups excluding carboxylic acids is 1. The van der Waals surface area contributed by atoms with Crippen LogP contribution >= 0.6 is 24.8 Å². The summed E-state index contributed by atoms with van der Waals surface area (Å²) in [5.41, 5.74) is 1.18. The molecule has 3 heterocycles. The molecule has 3 rings (SSSR count). The minimum atomic E-state index is 0. The Morgan fingerprint density at radius 1 is 1.24 bits per heavy atom. The lowest BCUT2D eigenvalue weighted by molar-refractivity contribution is -0.121. The first-order chi connectivity index (χ1) is 11.3. The van der Waals surface area contributed by atoms with E-state index >= 15 is 0 Å². The molecule has 144 valence electrons. The SMILES string of the molecule is Cl.Cl.O=C(Cn1nccc1C1CCCNC1)NCCN1CCCCC1. The molecule has 0 spiro atoms. The Labute approximate surface area is 162 Å². The molecule has 0 aromatic carbocycles. The normalized spacial score (nSPS) is 21.0. The lowest BCUT2D eigenvalue weighted by atomic mass is 9.96. The second-order valence-corrected chi connectivity index (χ2v) is 6.71. The lowest BCUT2D eigenvalue weighted by Crippen LogP contribution is -2.39. The third-order valence-electron chi connectivity index (χ3n) is 4.96. The maximum absolute atomic E-state index is 12.2. The Morgan fingerprint density at radius 2 is 2.04 bits per heavy atom. The van der Waals surface area contributed by atoms with Crippen molar-refractivity contribution in [2.45, 2.75) is 44.6 Å². The van der Waals surface area contributed by atoms with E-state index in [1.807, 2.05) is 10.9 Å². The number of hydrogen-bond donors (Lipinski definition) is 2. The molecule has 2 fully saturated rings. The molecule has 0 saturated carbocycles. The fourth-order valence-electron chi connectivity index (χ4n) is 3.65. The van der Waals surface area contributed by atoms with Crippen LogP contribution in [0.5, 0.6) is 0 Å². The summed E-state index contributed by atoms with van der Waals surface area (Å²) in [7, 11) is 0. The monoisotopic (exact) mass is 391 g/mol. The van der Waals surface area contributed by atoms with Gasteiger partial charge in [-0.2, -0.15) is 5.10 Å². The number of rotatable bonds is 6. The average molecular weight is 392 g/mol. The van der Waals surface area contributed by atoms with Crippen LogP contribution < -0.4 is 10.6 Å². The van der Waals surface area contributed by atoms with Crippen molar-refractivity contribution in [2.24, 2.45) is 0 Å². The fourth-order valence-corrected chi connectivity index (χ4v) is 3.65. The Hall–Kier alpha value is -0.820. The third kappa shape index (κ3) is 6.77. The van der Waals surface area contributed by atoms with E-state index in [-0.39, 0.29) is 30.7 Å². The van der Waals surface area contributed by atoms with Crippen LogP contribution in [0, 0.1) is 0 Å². The molecule has 2 aliphatic heterocycles. The molecule has 1 aromatic heterocycles. The molecule has 0 bridgehead atoms. The van der Waals surface area contributed by atoms with Gasteiger partial charge in [0.25, 0.3) is 0 Å². The van der Waals surface area contributed by atoms with Crippen LogP contribution in [0.15, 0.2) is 12.3 Å². The van der Waals surface area contributed by atoms with E-state index in [0.29, 0.717) is 12.5 Å². The van der Waals surface area contributed by atoms with Crippen LogP contribution in [-0.2, 0) is 11.3 Å². The van der Waals surface area contributed by atoms with E-state index < -0.39 is 0 Å². The molecule has 0 aliphatic carbocycles. The molecule has 0 radical (unpaired) electrons. The predicted octanol–water partition coefficient (Wildman–Crippen LogP) is 1.80. The fraction of sp³-hybridized carbons (Fsp3) is 0.765. The van der Waals surface area contributed by atoms with Crippen LogP contribution in [0.2, 0.25) is 0 Å². The largest absolute Gasteiger partial charge is 0.353 e. The van der Waals surface area contributed by atoms with E-state index in [4.69, 9.17) is 0 Å². The highest BCUT2D eigenvalue weighted by atomic mass is 35.5. The number of halogens is 2. The number of nitrogens with zero attached hydrogens (tertiary/aromatic N) is 3. The Morgan fingerprint density at radius 3 is 2.76 bits per heavy atom. The molecule has 2 N–H and O–H groups in total. The quantitative estimate of drug-likeness (QED) is 0.775. The first kappa shape index (κ1) is 22.2. The molecule has 8 heteroatoms. The third-order valence-corrected chi connectivity index (χ3v) is 4.96. The molecule has 2 saturated heterocycles. The molecular formula is C17H31Cl2N5O. The van der Waals surface area contributed by atoms with E-state index in [0.717, 1.165) is 26.2 Å². The predicted molar refractivity (Wildman–Crippen MR) is 105 cm³/mol. The van der Waals surface area contributed by atoms with Crippen molar-refractivity contribution in [1.82, 2.24) is 25.3 Å². The number of aromatic nitrogens is 2. The van der Waals surface area contributed by atoms with Gasteiger partial charge in [-0.3, -0.25) is 9.48 Å². The summed E-state index contributed by atoms with van der Waals surface area (Å²) >= 11 is 0. The zero-order valence-electron chi connectivity index (χ0n) is 14.8. The van der Waals surface area contributed by atoms with Gasteiger partial charge in [-0.1, -0.05) is 6.42 Å². The summed E-state index contributed by atoms with van der Waals surface area (Å²) in [6.07, 6.45) is 8.11. The van der Waals surface area contributed by atoms with Gasteiger partial charge in [0.15, 0.2) is 0 Å². The second kappa shape index (κ2) is 11.7. The van der Waals surface area contributed by atoms with Gasteiger partial charge < -0.3 is 15.5 Å². The Kier molecular flexibility index (Phi) is 10.4. The molecule has 1 atom stereocenters. The second-order valence-electron chi connectivity index (χ2n) is 6.71. The highest BCUT2D eigenvalue weighted by molar-refractivity contribution is 5.85. The zero-order chi connectivity index (χ0) is 15.9. The molecule has 1 unspecified atom stereocenters. The number of carbonyl (C=O) groups is 1. The van der Waals surface area contributed by atoms with Crippen molar-refractivity contribution in [3.05, 3.63) is 18.0 Å². The van der Waals surface area contributed by atoms with Crippen LogP contribution in [0.4, 0.5) is 0 Å². The minimum absolute atomic E-state index is 0. The Bertz CT molecular complexity index is 499. The van der Waals surface area contributed by atoms with Gasteiger partial charge in [0.05, 0.1) is 0 Å². The van der Waals surface area contributed by atoms with Crippen molar-refractivity contribution >= 4 is 30.7 Å². The number of piperidine rings is 2. The van der Waals surface area contributed by atoms with Crippen LogP contribution in [0.1, 0.15) is 43.7 Å². The van der Waals surface area contributed by atoms with Gasteiger partial charge in [0.2, 0.25) is 5.91 Å². The van der Waals surface area contributed by atoms with Gasteiger partial charge in [0.1, 0.15) is 6.54 Å². The molecule has 6 nitrogen and oxygen atoms in total. The summed E-state index contributed by atoms with van der Waals surface area (Å²) in [4.78, 5) is 14.6. The Balaban J connectivity index is 0.00000156. The van der Waals surface area contributed by atoms with Gasteiger partial charge >= 0.3 is 0 Å². The van der Waals surface area contributed by atoms with Crippen LogP contribution in [0.3, 0.4) is 0 Å². The van der Waals surface area contributed by atoms with Crippen molar-refractivity contribution in [1.29, 1.82) is 0 Å². The van der Waals surface area contributed by atoms with E-state index in [2.05, 4.69) is 26.7 Å². The summed E-state index contributed by atoms with van der Waals surface area (Å²) in [5, 5.41) is 10.8. The van der Waals surface area contributed by atoms with E-state index in [1.165, 1.54) is 50.9 Å². The molecule has 1 amide bonds. The first-order valence-corrected chi connectivity index (χ1v) is 9.04. The van der Waals surface area contributed by atoms with Crippen molar-refractivity contribution in [3.8, 4) is 0 Å². The van der Waals surface area contributed by atoms with Gasteiger partial charge in [0, 0.05) is 37.4 Å². The molecule has 2 aliphatic rings. The maximum Gasteiger partial charge on any atom is 0.241 e. The van der Waals surface area contributed by atoms with Gasteiger partial charge in [-0.05, 0) is 51.4 Å². The topological polar surface area (TPSA) is 62.2 Å². The summed E-state index contributed by atoms with van der Waals surface area (Å²) in [6, 6.07) is 2.05. The summed E-state index contributed by atoms with van der Waals surface area (Å²) in [6.45, 7) is 6.47. The summed E-state index contributed by atoms with van der Waals surface area (Å²) in [5.74, 6) is 0.545. The average Bonchev–Trinajstić information content (AvgIpc) is 3.05. The highest BCUT2D eigenvalue weighted by Gasteiger charge is 2.20. The molecular weight excluding hydrogens is 361 g/mol. The smallest absolute Gasteiger partial charge is 0.241 e. The molecule has 25 heavy (non-hydrogen) atoms. The van der Waals surface area contributed by atoms with Gasteiger partial charge in [-0.15, -0.1) is 24.8 Å². The molecule has 1 aromatic rings. The van der Waals surface area contributed by atoms with Gasteiger partial charge in [-0.25, -0.2) is 0 Å². The van der Waals surface area contributed by atoms with E-state index in [1.54, 1.807) is 0 Å². The maximum atomic E-state index is 12.2. The van der Waals surface area contributed by atoms with Crippen molar-refractivity contribution in [2.75, 3.05) is 39.3 Å². The van der Waals surface area contributed by atoms with Crippen molar-refractivity contribution in [3.63, 3.8) is 0 Å². The number of likely N-dealkylation sites (tertiary alicyclic amines) is 1. The van der Waals surface area contributed by atoms with E-state index in [9.17, 15) is 4.79 Å². The standard InChI is InChI=1S/C17H29N5O.2ClH/c23-17(19-9-12-21-10-2-1-3-11-21)14-22-16(6-8-20-22)15-5-4-7-18-13-15;;/h6,8,15,18H,1-5,7,9-14H2,(H,19,23);2*1H. The lowest BCUT2D eigenvalue weighted by Gasteiger charge is -2.26. The van der Waals surface area contributed by atoms with Crippen LogP contribution in [0.25, 0.3) is 0 Å². The number of nitrogens with one attached hydrogen (secondary N) is 2.